The molecule has 29 heavy (non-hydrogen) atoms. The number of carbonyl (C=O) groups is 1. The number of benzene rings is 1. The van der Waals surface area contributed by atoms with E-state index in [1.54, 1.807) is 0 Å². The second-order valence-corrected chi connectivity index (χ2v) is 7.86. The minimum Gasteiger partial charge on any atom is -0.449 e. The van der Waals surface area contributed by atoms with Gasteiger partial charge in [0.05, 0.1) is 18.9 Å². The average molecular weight is 403 g/mol. The summed E-state index contributed by atoms with van der Waals surface area (Å²) in [5.74, 6) is -1.62. The van der Waals surface area contributed by atoms with Crippen LogP contribution in [0.3, 0.4) is 0 Å². The number of hydrogen-bond donors (Lipinski definition) is 1. The van der Waals surface area contributed by atoms with Crippen molar-refractivity contribution in [1.29, 1.82) is 0 Å². The number of ether oxygens (including phenoxy) is 2. The van der Waals surface area contributed by atoms with E-state index >= 15 is 4.39 Å². The summed E-state index contributed by atoms with van der Waals surface area (Å²) < 4.78 is 39.7. The molecular formula is C22H23F2NO4. The third-order valence-corrected chi connectivity index (χ3v) is 5.81. The molecule has 2 fully saturated rings. The molecule has 1 saturated heterocycles. The molecule has 1 saturated carbocycles. The van der Waals surface area contributed by atoms with E-state index in [4.69, 9.17) is 9.47 Å². The first-order valence-electron chi connectivity index (χ1n) is 9.76. The molecule has 4 rings (SSSR count). The van der Waals surface area contributed by atoms with E-state index in [0.29, 0.717) is 17.7 Å². The molecule has 1 aromatic carbocycles. The summed E-state index contributed by atoms with van der Waals surface area (Å²) in [4.78, 5) is 16.1. The monoisotopic (exact) mass is 403 g/mol. The number of aliphatic hydroxyl groups is 1. The first-order chi connectivity index (χ1) is 13.8. The molecule has 1 aromatic heterocycles. The maximum absolute atomic E-state index is 15.6. The van der Waals surface area contributed by atoms with Crippen molar-refractivity contribution in [2.75, 3.05) is 13.2 Å². The summed E-state index contributed by atoms with van der Waals surface area (Å²) in [5, 5.41) is 11.3. The summed E-state index contributed by atoms with van der Waals surface area (Å²) in [6.45, 7) is 3.15. The molecule has 0 radical (unpaired) electrons. The largest absolute Gasteiger partial charge is 0.449 e. The maximum atomic E-state index is 15.6. The Labute approximate surface area is 167 Å². The van der Waals surface area contributed by atoms with E-state index in [0.717, 1.165) is 12.8 Å². The van der Waals surface area contributed by atoms with Gasteiger partial charge < -0.3 is 14.6 Å². The Bertz CT molecular complexity index is 939. The SMILES string of the molecule is CC[C@](O)(c1cc(C2(OC(C)=O)COC2)c(F)c(-c2ccc(F)cc2)n1)C1CC1. The number of esters is 1. The lowest BCUT2D eigenvalue weighted by atomic mass is 9.84. The maximum Gasteiger partial charge on any atom is 0.303 e. The summed E-state index contributed by atoms with van der Waals surface area (Å²) >= 11 is 0. The highest BCUT2D eigenvalue weighted by Crippen LogP contribution is 2.49. The Kier molecular flexibility index (Phi) is 4.91. The summed E-state index contributed by atoms with van der Waals surface area (Å²) in [6, 6.07) is 6.82. The topological polar surface area (TPSA) is 68.7 Å². The lowest BCUT2D eigenvalue weighted by Crippen LogP contribution is -2.51. The molecule has 5 nitrogen and oxygen atoms in total. The second kappa shape index (κ2) is 7.15. The van der Waals surface area contributed by atoms with Crippen LogP contribution in [-0.4, -0.2) is 29.3 Å². The van der Waals surface area contributed by atoms with Crippen LogP contribution in [0.5, 0.6) is 0 Å². The van der Waals surface area contributed by atoms with Gasteiger partial charge in [-0.15, -0.1) is 0 Å². The Balaban J connectivity index is 1.92. The van der Waals surface area contributed by atoms with Crippen molar-refractivity contribution in [2.45, 2.75) is 44.3 Å². The van der Waals surface area contributed by atoms with Crippen LogP contribution >= 0.6 is 0 Å². The minimum atomic E-state index is -1.26. The Morgan fingerprint density at radius 3 is 2.45 bits per heavy atom. The van der Waals surface area contributed by atoms with Crippen molar-refractivity contribution in [2.24, 2.45) is 5.92 Å². The normalized spacial score (nSPS) is 19.9. The molecule has 1 aliphatic carbocycles. The molecule has 0 spiro atoms. The van der Waals surface area contributed by atoms with Gasteiger partial charge in [-0.1, -0.05) is 6.92 Å². The van der Waals surface area contributed by atoms with Gasteiger partial charge >= 0.3 is 5.97 Å². The van der Waals surface area contributed by atoms with Crippen LogP contribution in [0.1, 0.15) is 44.4 Å². The van der Waals surface area contributed by atoms with E-state index in [2.05, 4.69) is 4.98 Å². The number of aromatic nitrogens is 1. The molecule has 1 atom stereocenters. The quantitative estimate of drug-likeness (QED) is 0.743. The zero-order valence-electron chi connectivity index (χ0n) is 16.4. The van der Waals surface area contributed by atoms with Crippen molar-refractivity contribution in [3.05, 3.63) is 53.2 Å². The van der Waals surface area contributed by atoms with E-state index in [-0.39, 0.29) is 30.4 Å². The molecule has 2 aliphatic rings. The predicted molar refractivity (Wildman–Crippen MR) is 101 cm³/mol. The number of nitrogens with zero attached hydrogens (tertiary/aromatic N) is 1. The molecular weight excluding hydrogens is 380 g/mol. The molecule has 0 unspecified atom stereocenters. The number of rotatable bonds is 6. The highest BCUT2D eigenvalue weighted by atomic mass is 19.1. The molecule has 1 N–H and O–H groups in total. The fourth-order valence-corrected chi connectivity index (χ4v) is 3.95. The van der Waals surface area contributed by atoms with Crippen LogP contribution in [0.2, 0.25) is 0 Å². The standard InChI is InChI=1S/C22H23F2NO4/c1-3-22(27,15-6-7-15)18-10-17(21(11-28-12-21)29-13(2)26)19(24)20(25-18)14-4-8-16(23)9-5-14/h4-5,8-10,15,27H,3,6-7,11-12H2,1-2H3/t22-/m1/s1. The fourth-order valence-electron chi connectivity index (χ4n) is 3.95. The molecule has 0 amide bonds. The molecule has 7 heteroatoms. The highest BCUT2D eigenvalue weighted by Gasteiger charge is 2.50. The first kappa shape index (κ1) is 19.9. The fraction of sp³-hybridized carbons (Fsp3) is 0.455. The van der Waals surface area contributed by atoms with Gasteiger partial charge in [-0.25, -0.2) is 13.8 Å². The van der Waals surface area contributed by atoms with Gasteiger partial charge in [-0.3, -0.25) is 4.79 Å². The van der Waals surface area contributed by atoms with Crippen LogP contribution in [0.25, 0.3) is 11.3 Å². The number of hydrogen-bond acceptors (Lipinski definition) is 5. The lowest BCUT2D eigenvalue weighted by molar-refractivity contribution is -0.217. The van der Waals surface area contributed by atoms with Gasteiger partial charge in [-0.05, 0) is 55.5 Å². The summed E-state index contributed by atoms with van der Waals surface area (Å²) in [6.07, 6.45) is 2.14. The van der Waals surface area contributed by atoms with Gasteiger partial charge in [0, 0.05) is 18.1 Å². The van der Waals surface area contributed by atoms with E-state index in [1.807, 2.05) is 6.92 Å². The second-order valence-electron chi connectivity index (χ2n) is 7.86. The Morgan fingerprint density at radius 1 is 1.31 bits per heavy atom. The highest BCUT2D eigenvalue weighted by molar-refractivity contribution is 5.68. The van der Waals surface area contributed by atoms with Crippen molar-refractivity contribution in [3.8, 4) is 11.3 Å². The minimum absolute atomic E-state index is 0.0107. The summed E-state index contributed by atoms with van der Waals surface area (Å²) in [7, 11) is 0. The van der Waals surface area contributed by atoms with Crippen LogP contribution in [0.4, 0.5) is 8.78 Å². The summed E-state index contributed by atoms with van der Waals surface area (Å²) in [5.41, 5.74) is -1.66. The first-order valence-corrected chi connectivity index (χ1v) is 9.76. The van der Waals surface area contributed by atoms with Gasteiger partial charge in [0.25, 0.3) is 0 Å². The predicted octanol–water partition coefficient (Wildman–Crippen LogP) is 3.82. The van der Waals surface area contributed by atoms with E-state index in [9.17, 15) is 14.3 Å². The van der Waals surface area contributed by atoms with Gasteiger partial charge in [0.15, 0.2) is 11.4 Å². The Hall–Kier alpha value is -2.38. The van der Waals surface area contributed by atoms with Gasteiger partial charge in [0.2, 0.25) is 0 Å². The number of carbonyl (C=O) groups excluding carboxylic acids is 1. The van der Waals surface area contributed by atoms with E-state index < -0.39 is 28.8 Å². The molecule has 154 valence electrons. The van der Waals surface area contributed by atoms with E-state index in [1.165, 1.54) is 37.3 Å². The lowest BCUT2D eigenvalue weighted by Gasteiger charge is -2.41. The number of halogens is 2. The van der Waals surface area contributed by atoms with Crippen molar-refractivity contribution < 1.29 is 28.2 Å². The van der Waals surface area contributed by atoms with Crippen LogP contribution in [0.15, 0.2) is 30.3 Å². The van der Waals surface area contributed by atoms with Crippen LogP contribution in [-0.2, 0) is 25.5 Å². The Morgan fingerprint density at radius 2 is 1.97 bits per heavy atom. The molecule has 2 aromatic rings. The van der Waals surface area contributed by atoms with Crippen molar-refractivity contribution >= 4 is 5.97 Å². The smallest absolute Gasteiger partial charge is 0.303 e. The average Bonchev–Trinajstić information content (AvgIpc) is 3.51. The number of pyridine rings is 1. The van der Waals surface area contributed by atoms with Crippen molar-refractivity contribution in [3.63, 3.8) is 0 Å². The molecule has 2 heterocycles. The van der Waals surface area contributed by atoms with Crippen LogP contribution < -0.4 is 0 Å². The van der Waals surface area contributed by atoms with Crippen molar-refractivity contribution in [1.82, 2.24) is 4.98 Å². The third kappa shape index (κ3) is 3.42. The zero-order valence-corrected chi connectivity index (χ0v) is 16.4. The van der Waals surface area contributed by atoms with Crippen LogP contribution in [0, 0.1) is 17.6 Å². The molecule has 0 bridgehead atoms. The zero-order chi connectivity index (χ0) is 20.8. The molecule has 1 aliphatic heterocycles. The third-order valence-electron chi connectivity index (χ3n) is 5.81. The van der Waals surface area contributed by atoms with Gasteiger partial charge in [0.1, 0.15) is 17.1 Å². The van der Waals surface area contributed by atoms with Gasteiger partial charge in [-0.2, -0.15) is 0 Å².